The summed E-state index contributed by atoms with van der Waals surface area (Å²) in [7, 11) is 1.69. The monoisotopic (exact) mass is 363 g/mol. The zero-order valence-corrected chi connectivity index (χ0v) is 15.6. The SMILES string of the molecule is COc1cccc(-c2nn(-c3ccccc3)cc2CNC[C@@H]2CCCO2)c1. The topological polar surface area (TPSA) is 48.3 Å². The summed E-state index contributed by atoms with van der Waals surface area (Å²) in [6.07, 6.45) is 4.73. The summed E-state index contributed by atoms with van der Waals surface area (Å²) in [5.41, 5.74) is 4.23. The molecule has 1 aliphatic heterocycles. The lowest BCUT2D eigenvalue weighted by Gasteiger charge is -2.10. The van der Waals surface area contributed by atoms with E-state index in [1.165, 1.54) is 0 Å². The van der Waals surface area contributed by atoms with Gasteiger partial charge in [0.05, 0.1) is 24.6 Å². The Hall–Kier alpha value is -2.63. The molecule has 2 aromatic carbocycles. The number of nitrogens with zero attached hydrogens (tertiary/aromatic N) is 2. The highest BCUT2D eigenvalue weighted by molar-refractivity contribution is 5.65. The molecule has 0 aliphatic carbocycles. The lowest BCUT2D eigenvalue weighted by atomic mass is 10.1. The van der Waals surface area contributed by atoms with Crippen LogP contribution in [0.2, 0.25) is 0 Å². The van der Waals surface area contributed by atoms with Gasteiger partial charge < -0.3 is 14.8 Å². The van der Waals surface area contributed by atoms with Gasteiger partial charge in [-0.1, -0.05) is 30.3 Å². The van der Waals surface area contributed by atoms with Gasteiger partial charge in [0.25, 0.3) is 0 Å². The molecule has 1 fully saturated rings. The van der Waals surface area contributed by atoms with Crippen LogP contribution < -0.4 is 10.1 Å². The van der Waals surface area contributed by atoms with Crippen molar-refractivity contribution in [2.24, 2.45) is 0 Å². The van der Waals surface area contributed by atoms with Crippen molar-refractivity contribution in [2.45, 2.75) is 25.5 Å². The second kappa shape index (κ2) is 8.37. The van der Waals surface area contributed by atoms with Crippen molar-refractivity contribution < 1.29 is 9.47 Å². The molecule has 27 heavy (non-hydrogen) atoms. The van der Waals surface area contributed by atoms with Crippen LogP contribution in [0.25, 0.3) is 16.9 Å². The summed E-state index contributed by atoms with van der Waals surface area (Å²) in [5.74, 6) is 0.833. The quantitative estimate of drug-likeness (QED) is 0.693. The second-order valence-corrected chi connectivity index (χ2v) is 6.78. The van der Waals surface area contributed by atoms with E-state index in [1.807, 2.05) is 41.1 Å². The van der Waals surface area contributed by atoms with E-state index < -0.39 is 0 Å². The summed E-state index contributed by atoms with van der Waals surface area (Å²) in [5, 5.41) is 8.40. The first-order valence-corrected chi connectivity index (χ1v) is 9.44. The van der Waals surface area contributed by atoms with E-state index in [0.29, 0.717) is 6.10 Å². The van der Waals surface area contributed by atoms with Gasteiger partial charge in [-0.25, -0.2) is 4.68 Å². The summed E-state index contributed by atoms with van der Waals surface area (Å²) in [6.45, 7) is 2.50. The van der Waals surface area contributed by atoms with Crippen molar-refractivity contribution in [2.75, 3.05) is 20.3 Å². The van der Waals surface area contributed by atoms with Crippen LogP contribution in [0, 0.1) is 0 Å². The molecule has 0 radical (unpaired) electrons. The molecule has 5 nitrogen and oxygen atoms in total. The van der Waals surface area contributed by atoms with Gasteiger partial charge in [0.2, 0.25) is 0 Å². The Morgan fingerprint density at radius 3 is 2.85 bits per heavy atom. The van der Waals surface area contributed by atoms with Crippen LogP contribution in [0.3, 0.4) is 0 Å². The highest BCUT2D eigenvalue weighted by atomic mass is 16.5. The third kappa shape index (κ3) is 4.21. The lowest BCUT2D eigenvalue weighted by Crippen LogP contribution is -2.25. The number of aromatic nitrogens is 2. The standard InChI is InChI=1S/C22H25N3O2/c1-26-20-10-5-7-17(13-20)22-18(14-23-15-21-11-6-12-27-21)16-25(24-22)19-8-3-2-4-9-19/h2-5,7-10,13,16,21,23H,6,11-12,14-15H2,1H3/t21-/m0/s1. The average molecular weight is 363 g/mol. The Morgan fingerprint density at radius 1 is 1.19 bits per heavy atom. The molecule has 4 rings (SSSR count). The Balaban J connectivity index is 1.61. The molecule has 1 aliphatic rings. The first-order chi connectivity index (χ1) is 13.3. The van der Waals surface area contributed by atoms with Gasteiger partial charge in [0.15, 0.2) is 0 Å². The zero-order chi connectivity index (χ0) is 18.5. The third-order valence-electron chi connectivity index (χ3n) is 4.87. The largest absolute Gasteiger partial charge is 0.497 e. The van der Waals surface area contributed by atoms with Gasteiger partial charge >= 0.3 is 0 Å². The van der Waals surface area contributed by atoms with Gasteiger partial charge in [0.1, 0.15) is 5.75 Å². The van der Waals surface area contributed by atoms with Crippen molar-refractivity contribution in [3.8, 4) is 22.7 Å². The number of benzene rings is 2. The van der Waals surface area contributed by atoms with E-state index >= 15 is 0 Å². The summed E-state index contributed by atoms with van der Waals surface area (Å²) in [4.78, 5) is 0. The van der Waals surface area contributed by atoms with Crippen LogP contribution in [-0.4, -0.2) is 36.1 Å². The first-order valence-electron chi connectivity index (χ1n) is 9.44. The van der Waals surface area contributed by atoms with Crippen LogP contribution in [0.15, 0.2) is 60.8 Å². The van der Waals surface area contributed by atoms with Crippen molar-refractivity contribution in [1.29, 1.82) is 0 Å². The summed E-state index contributed by atoms with van der Waals surface area (Å²) >= 11 is 0. The number of para-hydroxylation sites is 1. The third-order valence-corrected chi connectivity index (χ3v) is 4.87. The molecule has 0 saturated carbocycles. The molecule has 3 aromatic rings. The number of methoxy groups -OCH3 is 1. The van der Waals surface area contributed by atoms with Gasteiger partial charge in [-0.05, 0) is 37.1 Å². The van der Waals surface area contributed by atoms with Gasteiger partial charge in [-0.15, -0.1) is 0 Å². The molecular weight excluding hydrogens is 338 g/mol. The van der Waals surface area contributed by atoms with Crippen LogP contribution in [0.5, 0.6) is 5.75 Å². The summed E-state index contributed by atoms with van der Waals surface area (Å²) in [6, 6.07) is 18.2. The van der Waals surface area contributed by atoms with E-state index in [4.69, 9.17) is 14.6 Å². The molecule has 1 atom stereocenters. The molecule has 1 N–H and O–H groups in total. The number of hydrogen-bond donors (Lipinski definition) is 1. The van der Waals surface area contributed by atoms with Crippen LogP contribution in [-0.2, 0) is 11.3 Å². The van der Waals surface area contributed by atoms with Crippen molar-refractivity contribution in [3.63, 3.8) is 0 Å². The Kier molecular flexibility index (Phi) is 5.51. The summed E-state index contributed by atoms with van der Waals surface area (Å²) < 4.78 is 13.0. The highest BCUT2D eigenvalue weighted by Gasteiger charge is 2.16. The van der Waals surface area contributed by atoms with E-state index in [0.717, 1.165) is 60.8 Å². The van der Waals surface area contributed by atoms with Gasteiger partial charge in [-0.3, -0.25) is 0 Å². The molecule has 0 unspecified atom stereocenters. The fourth-order valence-electron chi connectivity index (χ4n) is 3.44. The zero-order valence-electron chi connectivity index (χ0n) is 15.6. The van der Waals surface area contributed by atoms with Crippen molar-refractivity contribution in [3.05, 3.63) is 66.4 Å². The minimum atomic E-state index is 0.328. The van der Waals surface area contributed by atoms with Crippen LogP contribution in [0.1, 0.15) is 18.4 Å². The second-order valence-electron chi connectivity index (χ2n) is 6.78. The molecule has 140 valence electrons. The maximum Gasteiger partial charge on any atom is 0.119 e. The average Bonchev–Trinajstić information content (AvgIpc) is 3.39. The Morgan fingerprint density at radius 2 is 2.07 bits per heavy atom. The van der Waals surface area contributed by atoms with Gasteiger partial charge in [0, 0.05) is 37.0 Å². The number of nitrogens with one attached hydrogen (secondary N) is 1. The predicted octanol–water partition coefficient (Wildman–Crippen LogP) is 3.82. The minimum absolute atomic E-state index is 0.328. The van der Waals surface area contributed by atoms with E-state index in [-0.39, 0.29) is 0 Å². The van der Waals surface area contributed by atoms with Gasteiger partial charge in [-0.2, -0.15) is 5.10 Å². The molecule has 0 spiro atoms. The molecule has 1 saturated heterocycles. The lowest BCUT2D eigenvalue weighted by molar-refractivity contribution is 0.110. The normalized spacial score (nSPS) is 16.6. The van der Waals surface area contributed by atoms with E-state index in [1.54, 1.807) is 7.11 Å². The number of hydrogen-bond acceptors (Lipinski definition) is 4. The number of rotatable bonds is 7. The minimum Gasteiger partial charge on any atom is -0.497 e. The van der Waals surface area contributed by atoms with Crippen molar-refractivity contribution >= 4 is 0 Å². The maximum atomic E-state index is 5.71. The molecular formula is C22H25N3O2. The molecule has 0 amide bonds. The van der Waals surface area contributed by atoms with Crippen LogP contribution >= 0.6 is 0 Å². The first kappa shape index (κ1) is 17.8. The smallest absolute Gasteiger partial charge is 0.119 e. The fraction of sp³-hybridized carbons (Fsp3) is 0.318. The molecule has 0 bridgehead atoms. The Labute approximate surface area is 159 Å². The maximum absolute atomic E-state index is 5.71. The number of ether oxygens (including phenoxy) is 2. The van der Waals surface area contributed by atoms with E-state index in [9.17, 15) is 0 Å². The molecule has 2 heterocycles. The van der Waals surface area contributed by atoms with E-state index in [2.05, 4.69) is 29.7 Å². The molecule has 5 heteroatoms. The fourth-order valence-corrected chi connectivity index (χ4v) is 3.44. The Bertz CT molecular complexity index is 870. The van der Waals surface area contributed by atoms with Crippen LogP contribution in [0.4, 0.5) is 0 Å². The predicted molar refractivity (Wildman–Crippen MR) is 106 cm³/mol. The van der Waals surface area contributed by atoms with Crippen molar-refractivity contribution in [1.82, 2.24) is 15.1 Å². The molecule has 1 aromatic heterocycles. The highest BCUT2D eigenvalue weighted by Crippen LogP contribution is 2.27.